The Kier molecular flexibility index (Phi) is 4.19. The van der Waals surface area contributed by atoms with Gasteiger partial charge in [0.15, 0.2) is 0 Å². The van der Waals surface area contributed by atoms with Crippen molar-refractivity contribution in [2.24, 2.45) is 0 Å². The van der Waals surface area contributed by atoms with Crippen molar-refractivity contribution >= 4 is 22.6 Å². The number of nitrogens with zero attached hydrogens (tertiary/aromatic N) is 3. The zero-order chi connectivity index (χ0) is 13.1. The minimum absolute atomic E-state index is 0.123. The molecule has 0 amide bonds. The van der Waals surface area contributed by atoms with E-state index in [0.29, 0.717) is 6.04 Å². The topological polar surface area (TPSA) is 39.9 Å². The first kappa shape index (κ1) is 13.3. The molecule has 0 aliphatic rings. The lowest BCUT2D eigenvalue weighted by molar-refractivity contribution is 0.181. The number of hydrogen-bond acceptors (Lipinski definition) is 3. The fourth-order valence-electron chi connectivity index (χ4n) is 2.13. The van der Waals surface area contributed by atoms with Crippen molar-refractivity contribution in [3.63, 3.8) is 0 Å². The average Bonchev–Trinajstić information content (AvgIpc) is 2.75. The highest BCUT2D eigenvalue weighted by molar-refractivity contribution is 6.20. The first-order valence-corrected chi connectivity index (χ1v) is 6.53. The summed E-state index contributed by atoms with van der Waals surface area (Å²) in [6.07, 6.45) is 4.49. The van der Waals surface area contributed by atoms with Crippen molar-refractivity contribution in [3.8, 4) is 0 Å². The maximum Gasteiger partial charge on any atom is 0.128 e. The van der Waals surface area contributed by atoms with Crippen LogP contribution in [0.25, 0.3) is 11.0 Å². The second-order valence-corrected chi connectivity index (χ2v) is 5.11. The van der Waals surface area contributed by atoms with Gasteiger partial charge in [0.1, 0.15) is 11.3 Å². The van der Waals surface area contributed by atoms with Crippen LogP contribution in [0.5, 0.6) is 0 Å². The van der Waals surface area contributed by atoms with E-state index in [1.165, 1.54) is 0 Å². The van der Waals surface area contributed by atoms with Crippen LogP contribution in [0.4, 0.5) is 0 Å². The van der Waals surface area contributed by atoms with Gasteiger partial charge in [0, 0.05) is 26.0 Å². The number of aromatic nitrogens is 3. The largest absolute Gasteiger partial charge is 0.385 e. The Morgan fingerprint density at radius 1 is 1.44 bits per heavy atom. The van der Waals surface area contributed by atoms with Crippen molar-refractivity contribution in [3.05, 3.63) is 24.3 Å². The van der Waals surface area contributed by atoms with Crippen molar-refractivity contribution in [1.82, 2.24) is 14.5 Å². The highest BCUT2D eigenvalue weighted by atomic mass is 35.5. The first-order chi connectivity index (χ1) is 8.65. The molecule has 0 saturated carbocycles. The molecule has 2 aromatic heterocycles. The van der Waals surface area contributed by atoms with Gasteiger partial charge in [-0.15, -0.1) is 11.6 Å². The summed E-state index contributed by atoms with van der Waals surface area (Å²) in [5, 5.41) is -0.123. The van der Waals surface area contributed by atoms with E-state index in [4.69, 9.17) is 16.3 Å². The monoisotopic (exact) mass is 267 g/mol. The minimum Gasteiger partial charge on any atom is -0.385 e. The summed E-state index contributed by atoms with van der Waals surface area (Å²) in [5.41, 5.74) is 1.97. The van der Waals surface area contributed by atoms with E-state index in [1.54, 1.807) is 19.5 Å². The Morgan fingerprint density at radius 2 is 2.22 bits per heavy atom. The van der Waals surface area contributed by atoms with Crippen LogP contribution in [0.3, 0.4) is 0 Å². The van der Waals surface area contributed by atoms with Crippen molar-refractivity contribution in [2.75, 3.05) is 13.7 Å². The molecular formula is C13H18ClN3O. The van der Waals surface area contributed by atoms with E-state index in [0.717, 1.165) is 29.9 Å². The molecule has 2 heterocycles. The number of alkyl halides is 1. The lowest BCUT2D eigenvalue weighted by Gasteiger charge is -2.18. The molecule has 2 unspecified atom stereocenters. The molecule has 98 valence electrons. The van der Waals surface area contributed by atoms with Crippen molar-refractivity contribution < 1.29 is 4.74 Å². The van der Waals surface area contributed by atoms with Gasteiger partial charge in [-0.3, -0.25) is 4.98 Å². The molecule has 18 heavy (non-hydrogen) atoms. The number of pyridine rings is 1. The second-order valence-electron chi connectivity index (χ2n) is 4.45. The third-order valence-electron chi connectivity index (χ3n) is 3.06. The zero-order valence-corrected chi connectivity index (χ0v) is 11.7. The SMILES string of the molecule is COCCC(C)n1c(C(C)Cl)nc2cnccc21. The third kappa shape index (κ3) is 2.49. The molecule has 4 nitrogen and oxygen atoms in total. The maximum absolute atomic E-state index is 6.22. The van der Waals surface area contributed by atoms with Gasteiger partial charge in [-0.05, 0) is 26.3 Å². The molecule has 0 aliphatic carbocycles. The molecule has 2 atom stereocenters. The molecular weight excluding hydrogens is 250 g/mol. The Morgan fingerprint density at radius 3 is 2.89 bits per heavy atom. The van der Waals surface area contributed by atoms with E-state index in [2.05, 4.69) is 21.5 Å². The Balaban J connectivity index is 2.47. The molecule has 0 aromatic carbocycles. The molecule has 0 spiro atoms. The Bertz CT molecular complexity index is 524. The number of hydrogen-bond donors (Lipinski definition) is 0. The first-order valence-electron chi connectivity index (χ1n) is 6.10. The van der Waals surface area contributed by atoms with Crippen LogP contribution in [0.15, 0.2) is 18.5 Å². The van der Waals surface area contributed by atoms with E-state index >= 15 is 0 Å². The Hall–Kier alpha value is -1.13. The van der Waals surface area contributed by atoms with Crippen LogP contribution in [0.1, 0.15) is 37.5 Å². The van der Waals surface area contributed by atoms with Crippen LogP contribution in [-0.4, -0.2) is 28.3 Å². The molecule has 0 aliphatic heterocycles. The van der Waals surface area contributed by atoms with Gasteiger partial charge < -0.3 is 9.30 Å². The maximum atomic E-state index is 6.22. The molecule has 0 saturated heterocycles. The predicted molar refractivity (Wildman–Crippen MR) is 73.0 cm³/mol. The lowest BCUT2D eigenvalue weighted by atomic mass is 10.2. The number of imidazole rings is 1. The highest BCUT2D eigenvalue weighted by Crippen LogP contribution is 2.28. The van der Waals surface area contributed by atoms with Crippen molar-refractivity contribution in [1.29, 1.82) is 0 Å². The van der Waals surface area contributed by atoms with Gasteiger partial charge >= 0.3 is 0 Å². The molecule has 0 N–H and O–H groups in total. The number of methoxy groups -OCH3 is 1. The summed E-state index contributed by atoms with van der Waals surface area (Å²) >= 11 is 6.22. The smallest absolute Gasteiger partial charge is 0.128 e. The summed E-state index contributed by atoms with van der Waals surface area (Å²) < 4.78 is 7.33. The van der Waals surface area contributed by atoms with Gasteiger partial charge in [-0.25, -0.2) is 4.98 Å². The van der Waals surface area contributed by atoms with Crippen LogP contribution < -0.4 is 0 Å². The fourth-order valence-corrected chi connectivity index (χ4v) is 2.28. The lowest BCUT2D eigenvalue weighted by Crippen LogP contribution is -2.11. The van der Waals surface area contributed by atoms with Crippen LogP contribution in [0.2, 0.25) is 0 Å². The molecule has 0 radical (unpaired) electrons. The van der Waals surface area contributed by atoms with Gasteiger partial charge in [0.2, 0.25) is 0 Å². The third-order valence-corrected chi connectivity index (χ3v) is 3.25. The summed E-state index contributed by atoms with van der Waals surface area (Å²) in [6, 6.07) is 2.28. The summed E-state index contributed by atoms with van der Waals surface area (Å²) in [5.74, 6) is 0.892. The van der Waals surface area contributed by atoms with Gasteiger partial charge in [-0.2, -0.15) is 0 Å². The fraction of sp³-hybridized carbons (Fsp3) is 0.538. The predicted octanol–water partition coefficient (Wildman–Crippen LogP) is 3.33. The number of rotatable bonds is 5. The standard InChI is InChI=1S/C13H18ClN3O/c1-9(5-7-18-3)17-12-4-6-15-8-11(12)16-13(17)10(2)14/h4,6,8-10H,5,7H2,1-3H3. The quantitative estimate of drug-likeness (QED) is 0.780. The van der Waals surface area contributed by atoms with Crippen molar-refractivity contribution in [2.45, 2.75) is 31.7 Å². The molecule has 2 aromatic rings. The highest BCUT2D eigenvalue weighted by Gasteiger charge is 2.18. The summed E-state index contributed by atoms with van der Waals surface area (Å²) in [6.45, 7) is 4.82. The number of fused-ring (bicyclic) bond motifs is 1. The summed E-state index contributed by atoms with van der Waals surface area (Å²) in [7, 11) is 1.72. The number of halogens is 1. The number of ether oxygens (including phenoxy) is 1. The average molecular weight is 268 g/mol. The minimum atomic E-state index is -0.123. The van der Waals surface area contributed by atoms with E-state index in [9.17, 15) is 0 Å². The van der Waals surface area contributed by atoms with Crippen LogP contribution in [-0.2, 0) is 4.74 Å². The van der Waals surface area contributed by atoms with E-state index in [1.807, 2.05) is 13.0 Å². The normalized spacial score (nSPS) is 14.9. The Labute approximate surface area is 112 Å². The van der Waals surface area contributed by atoms with Gasteiger partial charge in [-0.1, -0.05) is 0 Å². The van der Waals surface area contributed by atoms with E-state index in [-0.39, 0.29) is 5.38 Å². The molecule has 2 rings (SSSR count). The van der Waals surface area contributed by atoms with E-state index < -0.39 is 0 Å². The molecule has 5 heteroatoms. The second kappa shape index (κ2) is 5.67. The zero-order valence-electron chi connectivity index (χ0n) is 10.9. The van der Waals surface area contributed by atoms with Gasteiger partial charge in [0.05, 0.1) is 17.1 Å². The molecule has 0 fully saturated rings. The summed E-state index contributed by atoms with van der Waals surface area (Å²) in [4.78, 5) is 8.67. The molecule has 0 bridgehead atoms. The van der Waals surface area contributed by atoms with Gasteiger partial charge in [0.25, 0.3) is 0 Å². The van der Waals surface area contributed by atoms with Crippen LogP contribution in [0, 0.1) is 0 Å². The van der Waals surface area contributed by atoms with Crippen LogP contribution >= 0.6 is 11.6 Å².